The van der Waals surface area contributed by atoms with Crippen molar-refractivity contribution in [2.24, 2.45) is 0 Å². The second kappa shape index (κ2) is 5.10. The number of benzene rings is 1. The van der Waals surface area contributed by atoms with Crippen molar-refractivity contribution in [3.05, 3.63) is 23.0 Å². The fourth-order valence-electron chi connectivity index (χ4n) is 2.16. The van der Waals surface area contributed by atoms with E-state index in [9.17, 15) is 4.39 Å². The van der Waals surface area contributed by atoms with E-state index in [0.29, 0.717) is 11.8 Å². The van der Waals surface area contributed by atoms with Crippen LogP contribution in [0.5, 0.6) is 0 Å². The van der Waals surface area contributed by atoms with Crippen molar-refractivity contribution in [3.63, 3.8) is 0 Å². The molecule has 1 aromatic carbocycles. The molecule has 1 aromatic rings. The lowest BCUT2D eigenvalue weighted by atomic mass is 10.1. The summed E-state index contributed by atoms with van der Waals surface area (Å²) < 4.78 is 18.7. The molecule has 0 spiro atoms. The number of methoxy groups -OCH3 is 1. The van der Waals surface area contributed by atoms with E-state index in [1.165, 1.54) is 12.1 Å². The summed E-state index contributed by atoms with van der Waals surface area (Å²) in [4.78, 5) is 2.07. The zero-order valence-electron chi connectivity index (χ0n) is 9.75. The zero-order chi connectivity index (χ0) is 12.4. The van der Waals surface area contributed by atoms with Gasteiger partial charge in [-0.15, -0.1) is 0 Å². The molecular weight excluding hydrogens is 243 g/mol. The summed E-state index contributed by atoms with van der Waals surface area (Å²) in [5, 5.41) is 0.0676. The normalized spacial score (nSPS) is 17.5. The standard InChI is InChI=1S/C12H16ClFN2O/c1-17-8-2-4-16(5-3-8)12-7-10(14)9(13)6-11(12)15/h6-8H,2-5,15H2,1H3. The van der Waals surface area contributed by atoms with E-state index < -0.39 is 5.82 Å². The van der Waals surface area contributed by atoms with Gasteiger partial charge in [-0.1, -0.05) is 11.6 Å². The highest BCUT2D eigenvalue weighted by atomic mass is 35.5. The molecule has 0 bridgehead atoms. The van der Waals surface area contributed by atoms with Crippen LogP contribution >= 0.6 is 11.6 Å². The van der Waals surface area contributed by atoms with Crippen LogP contribution in [0, 0.1) is 5.82 Å². The van der Waals surface area contributed by atoms with E-state index in [0.717, 1.165) is 31.6 Å². The maximum Gasteiger partial charge on any atom is 0.144 e. The Morgan fingerprint density at radius 3 is 2.65 bits per heavy atom. The smallest absolute Gasteiger partial charge is 0.144 e. The molecular formula is C12H16ClFN2O. The largest absolute Gasteiger partial charge is 0.397 e. The van der Waals surface area contributed by atoms with Gasteiger partial charge >= 0.3 is 0 Å². The van der Waals surface area contributed by atoms with Crippen molar-refractivity contribution in [3.8, 4) is 0 Å². The summed E-state index contributed by atoms with van der Waals surface area (Å²) in [6.45, 7) is 1.65. The lowest BCUT2D eigenvalue weighted by molar-refractivity contribution is 0.0819. The molecule has 0 aliphatic carbocycles. The molecule has 1 aliphatic heterocycles. The molecule has 0 unspecified atom stereocenters. The number of halogens is 2. The van der Waals surface area contributed by atoms with Gasteiger partial charge in [-0.05, 0) is 18.9 Å². The van der Waals surface area contributed by atoms with Crippen LogP contribution in [-0.4, -0.2) is 26.3 Å². The molecule has 17 heavy (non-hydrogen) atoms. The molecule has 2 rings (SSSR count). The van der Waals surface area contributed by atoms with Crippen LogP contribution in [-0.2, 0) is 4.74 Å². The first-order valence-electron chi connectivity index (χ1n) is 5.64. The van der Waals surface area contributed by atoms with Gasteiger partial charge in [0.15, 0.2) is 0 Å². The van der Waals surface area contributed by atoms with Gasteiger partial charge in [0, 0.05) is 26.3 Å². The van der Waals surface area contributed by atoms with Crippen molar-refractivity contribution in [1.82, 2.24) is 0 Å². The Kier molecular flexibility index (Phi) is 3.74. The van der Waals surface area contributed by atoms with Crippen molar-refractivity contribution >= 4 is 23.0 Å². The van der Waals surface area contributed by atoms with Crippen molar-refractivity contribution < 1.29 is 9.13 Å². The summed E-state index contributed by atoms with van der Waals surface area (Å²) in [5.74, 6) is -0.426. The Morgan fingerprint density at radius 2 is 2.06 bits per heavy atom. The summed E-state index contributed by atoms with van der Waals surface area (Å²) in [6.07, 6.45) is 2.16. The predicted octanol–water partition coefficient (Wildman–Crippen LogP) is 2.68. The average Bonchev–Trinajstić information content (AvgIpc) is 2.34. The van der Waals surface area contributed by atoms with Crippen molar-refractivity contribution in [1.29, 1.82) is 0 Å². The van der Waals surface area contributed by atoms with Crippen LogP contribution in [0.15, 0.2) is 12.1 Å². The minimum absolute atomic E-state index is 0.0676. The van der Waals surface area contributed by atoms with Crippen LogP contribution in [0.1, 0.15) is 12.8 Å². The summed E-state index contributed by atoms with van der Waals surface area (Å²) in [6, 6.07) is 2.87. The summed E-state index contributed by atoms with van der Waals surface area (Å²) >= 11 is 5.68. The van der Waals surface area contributed by atoms with Crippen LogP contribution in [0.25, 0.3) is 0 Å². The van der Waals surface area contributed by atoms with Crippen molar-refractivity contribution in [2.75, 3.05) is 30.8 Å². The molecule has 3 nitrogen and oxygen atoms in total. The Balaban J connectivity index is 2.16. The number of piperidine rings is 1. The number of hydrogen-bond acceptors (Lipinski definition) is 3. The van der Waals surface area contributed by atoms with Crippen LogP contribution < -0.4 is 10.6 Å². The molecule has 0 saturated carbocycles. The third kappa shape index (κ3) is 2.64. The quantitative estimate of drug-likeness (QED) is 0.829. The Labute approximate surface area is 105 Å². The molecule has 1 saturated heterocycles. The Hall–Kier alpha value is -1.00. The van der Waals surface area contributed by atoms with Crippen molar-refractivity contribution in [2.45, 2.75) is 18.9 Å². The molecule has 0 aromatic heterocycles. The molecule has 94 valence electrons. The third-order valence-electron chi connectivity index (χ3n) is 3.19. The van der Waals surface area contributed by atoms with Gasteiger partial charge in [0.2, 0.25) is 0 Å². The van der Waals surface area contributed by atoms with Gasteiger partial charge in [0.25, 0.3) is 0 Å². The molecule has 0 atom stereocenters. The highest BCUT2D eigenvalue weighted by Crippen LogP contribution is 2.31. The number of ether oxygens (including phenoxy) is 1. The maximum absolute atomic E-state index is 13.4. The molecule has 1 fully saturated rings. The fraction of sp³-hybridized carbons (Fsp3) is 0.500. The van der Waals surface area contributed by atoms with Gasteiger partial charge in [0.05, 0.1) is 22.5 Å². The van der Waals surface area contributed by atoms with Crippen LogP contribution in [0.4, 0.5) is 15.8 Å². The minimum Gasteiger partial charge on any atom is -0.397 e. The number of anilines is 2. The Bertz CT molecular complexity index is 406. The first-order chi connectivity index (χ1) is 8.11. The topological polar surface area (TPSA) is 38.5 Å². The monoisotopic (exact) mass is 258 g/mol. The first-order valence-corrected chi connectivity index (χ1v) is 6.02. The number of nitrogens with zero attached hydrogens (tertiary/aromatic N) is 1. The van der Waals surface area contributed by atoms with E-state index in [1.807, 2.05) is 0 Å². The second-order valence-corrected chi connectivity index (χ2v) is 4.65. The molecule has 1 aliphatic rings. The van der Waals surface area contributed by atoms with E-state index in [2.05, 4.69) is 4.90 Å². The van der Waals surface area contributed by atoms with E-state index in [4.69, 9.17) is 22.1 Å². The molecule has 2 N–H and O–H groups in total. The molecule has 0 radical (unpaired) electrons. The predicted molar refractivity (Wildman–Crippen MR) is 68.1 cm³/mol. The number of nitrogens with two attached hydrogens (primary N) is 1. The SMILES string of the molecule is COC1CCN(c2cc(F)c(Cl)cc2N)CC1. The average molecular weight is 259 g/mol. The molecule has 0 amide bonds. The van der Waals surface area contributed by atoms with Crippen LogP contribution in [0.2, 0.25) is 5.02 Å². The summed E-state index contributed by atoms with van der Waals surface area (Å²) in [7, 11) is 1.72. The lowest BCUT2D eigenvalue weighted by Crippen LogP contribution is -2.37. The number of hydrogen-bond donors (Lipinski definition) is 1. The number of rotatable bonds is 2. The molecule has 1 heterocycles. The van der Waals surface area contributed by atoms with Gasteiger partial charge in [-0.25, -0.2) is 4.39 Å². The van der Waals surface area contributed by atoms with E-state index in [1.54, 1.807) is 7.11 Å². The molecule has 5 heteroatoms. The summed E-state index contributed by atoms with van der Waals surface area (Å²) in [5.41, 5.74) is 7.11. The zero-order valence-corrected chi connectivity index (χ0v) is 10.5. The fourth-order valence-corrected chi connectivity index (χ4v) is 2.33. The van der Waals surface area contributed by atoms with E-state index in [-0.39, 0.29) is 5.02 Å². The maximum atomic E-state index is 13.4. The first kappa shape index (κ1) is 12.5. The second-order valence-electron chi connectivity index (χ2n) is 4.25. The highest BCUT2D eigenvalue weighted by molar-refractivity contribution is 6.31. The van der Waals surface area contributed by atoms with Gasteiger partial charge in [-0.2, -0.15) is 0 Å². The third-order valence-corrected chi connectivity index (χ3v) is 3.48. The van der Waals surface area contributed by atoms with Crippen LogP contribution in [0.3, 0.4) is 0 Å². The minimum atomic E-state index is -0.426. The Morgan fingerprint density at radius 1 is 1.41 bits per heavy atom. The van der Waals surface area contributed by atoms with Gasteiger partial charge in [0.1, 0.15) is 5.82 Å². The van der Waals surface area contributed by atoms with Gasteiger partial charge < -0.3 is 15.4 Å². The highest BCUT2D eigenvalue weighted by Gasteiger charge is 2.21. The van der Waals surface area contributed by atoms with Gasteiger partial charge in [-0.3, -0.25) is 0 Å². The number of nitrogen functional groups attached to an aromatic ring is 1. The lowest BCUT2D eigenvalue weighted by Gasteiger charge is -2.33. The van der Waals surface area contributed by atoms with E-state index >= 15 is 0 Å².